The van der Waals surface area contributed by atoms with E-state index in [1.807, 2.05) is 39.0 Å². The molecule has 1 fully saturated rings. The number of nitrogens with zero attached hydrogens (tertiary/aromatic N) is 2. The lowest BCUT2D eigenvalue weighted by Crippen LogP contribution is -2.43. The number of aromatic nitrogens is 1. The second kappa shape index (κ2) is 7.72. The molecule has 1 N–H and O–H groups in total. The average molecular weight is 390 g/mol. The molecule has 27 heavy (non-hydrogen) atoms. The van der Waals surface area contributed by atoms with Gasteiger partial charge >= 0.3 is 6.09 Å². The molecule has 2 amide bonds. The molecule has 1 aromatic carbocycles. The zero-order valence-corrected chi connectivity index (χ0v) is 16.5. The minimum absolute atomic E-state index is 0.0698. The van der Waals surface area contributed by atoms with Crippen LogP contribution in [-0.4, -0.2) is 40.6 Å². The number of amides is 2. The molecule has 2 aromatic rings. The Kier molecular flexibility index (Phi) is 5.56. The van der Waals surface area contributed by atoms with Crippen LogP contribution in [0.25, 0.3) is 10.9 Å². The third kappa shape index (κ3) is 5.10. The van der Waals surface area contributed by atoms with Gasteiger partial charge in [0.1, 0.15) is 11.4 Å². The highest BCUT2D eigenvalue weighted by Gasteiger charge is 2.30. The van der Waals surface area contributed by atoms with Crippen molar-refractivity contribution < 1.29 is 14.3 Å². The monoisotopic (exact) mass is 389 g/mol. The SMILES string of the molecule is CC(C)(C)OC(=O)N1CCC(C(=O)Nc2ccc3cc(Cl)ccc3n2)CC1. The number of carbonyl (C=O) groups excluding carboxylic acids is 2. The predicted octanol–water partition coefficient (Wildman–Crippen LogP) is 4.47. The van der Waals surface area contributed by atoms with Crippen LogP contribution in [0.1, 0.15) is 33.6 Å². The van der Waals surface area contributed by atoms with E-state index in [0.29, 0.717) is 36.8 Å². The number of likely N-dealkylation sites (tertiary alicyclic amines) is 1. The second-order valence-corrected chi connectivity index (χ2v) is 8.20. The van der Waals surface area contributed by atoms with E-state index in [0.717, 1.165) is 10.9 Å². The Morgan fingerprint density at radius 3 is 2.56 bits per heavy atom. The molecule has 0 atom stereocenters. The van der Waals surface area contributed by atoms with Crippen molar-refractivity contribution in [2.45, 2.75) is 39.2 Å². The molecule has 0 saturated carbocycles. The van der Waals surface area contributed by atoms with Crippen molar-refractivity contribution in [2.24, 2.45) is 5.92 Å². The number of pyridine rings is 1. The lowest BCUT2D eigenvalue weighted by molar-refractivity contribution is -0.121. The van der Waals surface area contributed by atoms with E-state index in [9.17, 15) is 9.59 Å². The van der Waals surface area contributed by atoms with Crippen LogP contribution >= 0.6 is 11.6 Å². The Balaban J connectivity index is 1.57. The van der Waals surface area contributed by atoms with Crippen LogP contribution in [0.5, 0.6) is 0 Å². The normalized spacial score (nSPS) is 15.6. The molecule has 0 aliphatic carbocycles. The molecule has 144 valence electrons. The van der Waals surface area contributed by atoms with Crippen LogP contribution in [0.4, 0.5) is 10.6 Å². The number of carbonyl (C=O) groups is 2. The summed E-state index contributed by atoms with van der Waals surface area (Å²) in [5, 5.41) is 4.46. The van der Waals surface area contributed by atoms with Gasteiger partial charge in [0.15, 0.2) is 0 Å². The Morgan fingerprint density at radius 1 is 1.19 bits per heavy atom. The molecule has 1 aliphatic rings. The van der Waals surface area contributed by atoms with Crippen molar-refractivity contribution in [1.29, 1.82) is 0 Å². The maximum atomic E-state index is 12.6. The third-order valence-corrected chi connectivity index (χ3v) is 4.66. The number of fused-ring (bicyclic) bond motifs is 1. The van der Waals surface area contributed by atoms with Gasteiger partial charge in [0, 0.05) is 29.4 Å². The van der Waals surface area contributed by atoms with Gasteiger partial charge < -0.3 is 15.0 Å². The summed E-state index contributed by atoms with van der Waals surface area (Å²) in [6.45, 7) is 6.55. The van der Waals surface area contributed by atoms with E-state index >= 15 is 0 Å². The summed E-state index contributed by atoms with van der Waals surface area (Å²) in [7, 11) is 0. The van der Waals surface area contributed by atoms with Crippen LogP contribution in [-0.2, 0) is 9.53 Å². The maximum Gasteiger partial charge on any atom is 0.410 e. The minimum Gasteiger partial charge on any atom is -0.444 e. The molecule has 1 aromatic heterocycles. The van der Waals surface area contributed by atoms with E-state index in [4.69, 9.17) is 16.3 Å². The van der Waals surface area contributed by atoms with Gasteiger partial charge in [-0.2, -0.15) is 0 Å². The van der Waals surface area contributed by atoms with E-state index < -0.39 is 5.60 Å². The lowest BCUT2D eigenvalue weighted by atomic mass is 9.96. The number of anilines is 1. The molecular formula is C20H24ClN3O3. The highest BCUT2D eigenvalue weighted by molar-refractivity contribution is 6.31. The quantitative estimate of drug-likeness (QED) is 0.822. The number of ether oxygens (including phenoxy) is 1. The fraction of sp³-hybridized carbons (Fsp3) is 0.450. The number of nitrogens with one attached hydrogen (secondary N) is 1. The molecule has 0 unspecified atom stereocenters. The van der Waals surface area contributed by atoms with Crippen molar-refractivity contribution in [3.8, 4) is 0 Å². The van der Waals surface area contributed by atoms with Crippen LogP contribution in [0, 0.1) is 5.92 Å². The summed E-state index contributed by atoms with van der Waals surface area (Å²) in [6.07, 6.45) is 0.888. The first-order valence-corrected chi connectivity index (χ1v) is 9.44. The first kappa shape index (κ1) is 19.4. The molecule has 3 rings (SSSR count). The average Bonchev–Trinajstić information content (AvgIpc) is 2.60. The fourth-order valence-electron chi connectivity index (χ4n) is 3.05. The van der Waals surface area contributed by atoms with Gasteiger partial charge in [-0.3, -0.25) is 4.79 Å². The number of benzene rings is 1. The molecular weight excluding hydrogens is 366 g/mol. The predicted molar refractivity (Wildman–Crippen MR) is 106 cm³/mol. The molecule has 0 radical (unpaired) electrons. The summed E-state index contributed by atoms with van der Waals surface area (Å²) in [6, 6.07) is 9.09. The van der Waals surface area contributed by atoms with Gasteiger partial charge in [-0.25, -0.2) is 9.78 Å². The largest absolute Gasteiger partial charge is 0.444 e. The van der Waals surface area contributed by atoms with Gasteiger partial charge in [0.05, 0.1) is 5.52 Å². The molecule has 6 nitrogen and oxygen atoms in total. The Labute approximate surface area is 163 Å². The smallest absolute Gasteiger partial charge is 0.410 e. The zero-order chi connectivity index (χ0) is 19.6. The standard InChI is InChI=1S/C20H24ClN3O3/c1-20(2,3)27-19(26)24-10-8-13(9-11-24)18(25)23-17-7-4-14-12-15(21)5-6-16(14)22-17/h4-7,12-13H,8-11H2,1-3H3,(H,22,23,25). The van der Waals surface area contributed by atoms with Gasteiger partial charge in [-0.15, -0.1) is 0 Å². The van der Waals surface area contributed by atoms with Crippen LogP contribution in [0.3, 0.4) is 0 Å². The number of rotatable bonds is 2. The molecule has 2 heterocycles. The second-order valence-electron chi connectivity index (χ2n) is 7.76. The molecule has 0 spiro atoms. The number of halogens is 1. The van der Waals surface area contributed by atoms with Crippen LogP contribution in [0.15, 0.2) is 30.3 Å². The zero-order valence-electron chi connectivity index (χ0n) is 15.8. The topological polar surface area (TPSA) is 71.5 Å². The van der Waals surface area contributed by atoms with E-state index in [1.165, 1.54) is 0 Å². The van der Waals surface area contributed by atoms with Gasteiger partial charge in [-0.05, 0) is 63.9 Å². The summed E-state index contributed by atoms with van der Waals surface area (Å²) in [5.74, 6) is 0.301. The lowest BCUT2D eigenvalue weighted by Gasteiger charge is -2.32. The van der Waals surface area contributed by atoms with Crippen molar-refractivity contribution in [3.05, 3.63) is 35.4 Å². The van der Waals surface area contributed by atoms with Crippen LogP contribution < -0.4 is 5.32 Å². The summed E-state index contributed by atoms with van der Waals surface area (Å²) in [4.78, 5) is 30.8. The molecule has 1 saturated heterocycles. The first-order valence-electron chi connectivity index (χ1n) is 9.06. The minimum atomic E-state index is -0.517. The number of piperidine rings is 1. The number of hydrogen-bond acceptors (Lipinski definition) is 4. The maximum absolute atomic E-state index is 12.6. The molecule has 1 aliphatic heterocycles. The van der Waals surface area contributed by atoms with E-state index in [2.05, 4.69) is 10.3 Å². The van der Waals surface area contributed by atoms with Gasteiger partial charge in [0.2, 0.25) is 5.91 Å². The van der Waals surface area contributed by atoms with E-state index in [-0.39, 0.29) is 17.9 Å². The summed E-state index contributed by atoms with van der Waals surface area (Å²) in [5.41, 5.74) is 0.258. The Hall–Kier alpha value is -2.34. The van der Waals surface area contributed by atoms with Crippen LogP contribution in [0.2, 0.25) is 5.02 Å². The van der Waals surface area contributed by atoms with Crippen molar-refractivity contribution in [1.82, 2.24) is 9.88 Å². The highest BCUT2D eigenvalue weighted by Crippen LogP contribution is 2.23. The summed E-state index contributed by atoms with van der Waals surface area (Å²) >= 11 is 5.98. The van der Waals surface area contributed by atoms with E-state index in [1.54, 1.807) is 17.0 Å². The first-order chi connectivity index (χ1) is 12.7. The van der Waals surface area contributed by atoms with Gasteiger partial charge in [-0.1, -0.05) is 11.6 Å². The molecule has 7 heteroatoms. The molecule has 0 bridgehead atoms. The summed E-state index contributed by atoms with van der Waals surface area (Å²) < 4.78 is 5.38. The highest BCUT2D eigenvalue weighted by atomic mass is 35.5. The Bertz CT molecular complexity index is 855. The number of hydrogen-bond donors (Lipinski definition) is 1. The third-order valence-electron chi connectivity index (χ3n) is 4.42. The van der Waals surface area contributed by atoms with Crippen molar-refractivity contribution >= 4 is 40.3 Å². The van der Waals surface area contributed by atoms with Gasteiger partial charge in [0.25, 0.3) is 0 Å². The Morgan fingerprint density at radius 2 is 1.89 bits per heavy atom. The van der Waals surface area contributed by atoms with Crippen molar-refractivity contribution in [3.63, 3.8) is 0 Å². The fourth-order valence-corrected chi connectivity index (χ4v) is 3.23. The van der Waals surface area contributed by atoms with Crippen molar-refractivity contribution in [2.75, 3.05) is 18.4 Å².